The first kappa shape index (κ1) is 13.4. The molecule has 0 unspecified atom stereocenters. The third-order valence-electron chi connectivity index (χ3n) is 4.04. The summed E-state index contributed by atoms with van der Waals surface area (Å²) < 4.78 is 39.2. The molecule has 20 heavy (non-hydrogen) atoms. The van der Waals surface area contributed by atoms with Gasteiger partial charge < -0.3 is 5.32 Å². The van der Waals surface area contributed by atoms with Crippen LogP contribution in [0.25, 0.3) is 10.8 Å². The Morgan fingerprint density at radius 2 is 1.55 bits per heavy atom. The first-order valence-electron chi connectivity index (χ1n) is 6.87. The van der Waals surface area contributed by atoms with Crippen molar-refractivity contribution in [3.63, 3.8) is 0 Å². The van der Waals surface area contributed by atoms with Gasteiger partial charge in [0.25, 0.3) is 0 Å². The summed E-state index contributed by atoms with van der Waals surface area (Å²) in [6.45, 7) is 1.86. The molecule has 1 fully saturated rings. The lowest BCUT2D eigenvalue weighted by molar-refractivity contribution is -0.136. The summed E-state index contributed by atoms with van der Waals surface area (Å²) in [6, 6.07) is 9.77. The number of fused-ring (bicyclic) bond motifs is 1. The molecular formula is C16H16F3N. The molecule has 0 radical (unpaired) electrons. The topological polar surface area (TPSA) is 12.0 Å². The molecule has 4 heteroatoms. The monoisotopic (exact) mass is 279 g/mol. The summed E-state index contributed by atoms with van der Waals surface area (Å²) in [5, 5.41) is 4.35. The number of rotatable bonds is 1. The molecule has 2 aromatic rings. The minimum atomic E-state index is -4.30. The molecule has 1 nitrogen and oxygen atoms in total. The Hall–Kier alpha value is -1.55. The Morgan fingerprint density at radius 1 is 0.900 bits per heavy atom. The molecular weight excluding hydrogens is 263 g/mol. The molecule has 0 spiro atoms. The van der Waals surface area contributed by atoms with Gasteiger partial charge >= 0.3 is 6.18 Å². The SMILES string of the molecule is FC(F)(F)c1ccc(C2CCNCC2)c2ccccc12. The quantitative estimate of drug-likeness (QED) is 0.819. The Morgan fingerprint density at radius 3 is 2.20 bits per heavy atom. The Balaban J connectivity index is 2.16. The maximum Gasteiger partial charge on any atom is 0.417 e. The van der Waals surface area contributed by atoms with Gasteiger partial charge in [0, 0.05) is 0 Å². The highest BCUT2D eigenvalue weighted by Crippen LogP contribution is 2.39. The normalized spacial score (nSPS) is 17.6. The van der Waals surface area contributed by atoms with Crippen molar-refractivity contribution in [3.8, 4) is 0 Å². The second-order valence-electron chi connectivity index (χ2n) is 5.27. The van der Waals surface area contributed by atoms with E-state index in [1.165, 1.54) is 6.07 Å². The highest BCUT2D eigenvalue weighted by Gasteiger charge is 2.33. The van der Waals surface area contributed by atoms with Crippen molar-refractivity contribution in [1.29, 1.82) is 0 Å². The molecule has 0 amide bonds. The van der Waals surface area contributed by atoms with Crippen molar-refractivity contribution in [2.75, 3.05) is 13.1 Å². The van der Waals surface area contributed by atoms with Gasteiger partial charge in [0.15, 0.2) is 0 Å². The van der Waals surface area contributed by atoms with Gasteiger partial charge in [-0.1, -0.05) is 30.3 Å². The molecule has 0 aromatic heterocycles. The molecule has 1 aliphatic heterocycles. The fraction of sp³-hybridized carbons (Fsp3) is 0.375. The molecule has 1 N–H and O–H groups in total. The summed E-state index contributed by atoms with van der Waals surface area (Å²) in [7, 11) is 0. The maximum atomic E-state index is 13.1. The van der Waals surface area contributed by atoms with E-state index < -0.39 is 11.7 Å². The van der Waals surface area contributed by atoms with Gasteiger partial charge in [0.05, 0.1) is 5.56 Å². The van der Waals surface area contributed by atoms with E-state index in [1.54, 1.807) is 18.2 Å². The molecule has 106 valence electrons. The van der Waals surface area contributed by atoms with Gasteiger partial charge in [0.1, 0.15) is 0 Å². The zero-order valence-corrected chi connectivity index (χ0v) is 11.0. The van der Waals surface area contributed by atoms with Crippen LogP contribution in [0.5, 0.6) is 0 Å². The van der Waals surface area contributed by atoms with E-state index in [1.807, 2.05) is 12.1 Å². The predicted molar refractivity (Wildman–Crippen MR) is 73.8 cm³/mol. The van der Waals surface area contributed by atoms with Crippen LogP contribution in [-0.4, -0.2) is 13.1 Å². The zero-order chi connectivity index (χ0) is 14.2. The summed E-state index contributed by atoms with van der Waals surface area (Å²) in [4.78, 5) is 0. The first-order valence-corrected chi connectivity index (χ1v) is 6.87. The second kappa shape index (κ2) is 5.09. The lowest BCUT2D eigenvalue weighted by atomic mass is 9.86. The number of benzene rings is 2. The third-order valence-corrected chi connectivity index (χ3v) is 4.04. The number of nitrogens with one attached hydrogen (secondary N) is 1. The number of hydrogen-bond donors (Lipinski definition) is 1. The molecule has 1 heterocycles. The van der Waals surface area contributed by atoms with Crippen molar-refractivity contribution in [2.24, 2.45) is 0 Å². The van der Waals surface area contributed by atoms with E-state index in [0.29, 0.717) is 11.3 Å². The molecule has 3 rings (SSSR count). The second-order valence-corrected chi connectivity index (χ2v) is 5.27. The van der Waals surface area contributed by atoms with Crippen LogP contribution < -0.4 is 5.32 Å². The van der Waals surface area contributed by atoms with Crippen LogP contribution in [0.15, 0.2) is 36.4 Å². The molecule has 1 saturated heterocycles. The number of halogens is 3. The highest BCUT2D eigenvalue weighted by molar-refractivity contribution is 5.89. The minimum Gasteiger partial charge on any atom is -0.317 e. The van der Waals surface area contributed by atoms with Crippen molar-refractivity contribution < 1.29 is 13.2 Å². The highest BCUT2D eigenvalue weighted by atomic mass is 19.4. The average molecular weight is 279 g/mol. The molecule has 0 bridgehead atoms. The lowest BCUT2D eigenvalue weighted by Crippen LogP contribution is -2.26. The predicted octanol–water partition coefficient (Wildman–Crippen LogP) is 4.33. The van der Waals surface area contributed by atoms with Crippen molar-refractivity contribution in [2.45, 2.75) is 24.9 Å². The Labute approximate surface area is 115 Å². The summed E-state index contributed by atoms with van der Waals surface area (Å²) in [6.07, 6.45) is -2.34. The molecule has 0 saturated carbocycles. The van der Waals surface area contributed by atoms with Crippen LogP contribution in [-0.2, 0) is 6.18 Å². The van der Waals surface area contributed by atoms with Gasteiger partial charge in [-0.05, 0) is 54.3 Å². The van der Waals surface area contributed by atoms with Crippen LogP contribution in [0.3, 0.4) is 0 Å². The summed E-state index contributed by atoms with van der Waals surface area (Å²) in [5.74, 6) is 0.350. The minimum absolute atomic E-state index is 0.316. The summed E-state index contributed by atoms with van der Waals surface area (Å²) >= 11 is 0. The number of piperidine rings is 1. The van der Waals surface area contributed by atoms with Crippen LogP contribution >= 0.6 is 0 Å². The Bertz CT molecular complexity index is 613. The largest absolute Gasteiger partial charge is 0.417 e. The average Bonchev–Trinajstić information content (AvgIpc) is 2.46. The number of alkyl halides is 3. The van der Waals surface area contributed by atoms with Crippen LogP contribution in [0.1, 0.15) is 29.9 Å². The van der Waals surface area contributed by atoms with Crippen molar-refractivity contribution in [3.05, 3.63) is 47.5 Å². The number of hydrogen-bond acceptors (Lipinski definition) is 1. The van der Waals surface area contributed by atoms with Crippen LogP contribution in [0.4, 0.5) is 13.2 Å². The van der Waals surface area contributed by atoms with Gasteiger partial charge in [-0.15, -0.1) is 0 Å². The van der Waals surface area contributed by atoms with E-state index >= 15 is 0 Å². The van der Waals surface area contributed by atoms with E-state index in [0.717, 1.165) is 36.9 Å². The smallest absolute Gasteiger partial charge is 0.317 e. The maximum absolute atomic E-state index is 13.1. The fourth-order valence-corrected chi connectivity index (χ4v) is 3.06. The van der Waals surface area contributed by atoms with Crippen LogP contribution in [0.2, 0.25) is 0 Å². The first-order chi connectivity index (χ1) is 9.57. The van der Waals surface area contributed by atoms with Crippen molar-refractivity contribution in [1.82, 2.24) is 5.32 Å². The lowest BCUT2D eigenvalue weighted by Gasteiger charge is -2.25. The van der Waals surface area contributed by atoms with Gasteiger partial charge in [-0.2, -0.15) is 13.2 Å². The molecule has 0 atom stereocenters. The zero-order valence-electron chi connectivity index (χ0n) is 11.0. The van der Waals surface area contributed by atoms with Crippen LogP contribution in [0, 0.1) is 0 Å². The van der Waals surface area contributed by atoms with E-state index in [4.69, 9.17) is 0 Å². The molecule has 0 aliphatic carbocycles. The summed E-state index contributed by atoms with van der Waals surface area (Å²) in [5.41, 5.74) is 0.515. The fourth-order valence-electron chi connectivity index (χ4n) is 3.06. The van der Waals surface area contributed by atoms with Gasteiger partial charge in [-0.3, -0.25) is 0 Å². The van der Waals surface area contributed by atoms with Gasteiger partial charge in [-0.25, -0.2) is 0 Å². The van der Waals surface area contributed by atoms with E-state index in [9.17, 15) is 13.2 Å². The van der Waals surface area contributed by atoms with Gasteiger partial charge in [0.2, 0.25) is 0 Å². The molecule has 1 aliphatic rings. The molecule has 2 aromatic carbocycles. The van der Waals surface area contributed by atoms with E-state index in [2.05, 4.69) is 5.32 Å². The Kier molecular flexibility index (Phi) is 3.42. The van der Waals surface area contributed by atoms with Crippen molar-refractivity contribution >= 4 is 10.8 Å². The standard InChI is InChI=1S/C16H16F3N/c17-16(18,19)15-6-5-12(11-7-9-20-10-8-11)13-3-1-2-4-14(13)15/h1-6,11,20H,7-10H2. The third kappa shape index (κ3) is 2.40. The van der Waals surface area contributed by atoms with E-state index in [-0.39, 0.29) is 0 Å².